The van der Waals surface area contributed by atoms with Crippen LogP contribution in [0.15, 0.2) is 206 Å². The van der Waals surface area contributed by atoms with E-state index >= 15 is 0 Å². The third-order valence-electron chi connectivity index (χ3n) is 15.6. The van der Waals surface area contributed by atoms with Gasteiger partial charge in [0.15, 0.2) is 0 Å². The molecule has 3 aliphatic rings. The quantitative estimate of drug-likeness (QED) is 0.133. The Morgan fingerprint density at radius 3 is 1.39 bits per heavy atom. The van der Waals surface area contributed by atoms with Gasteiger partial charge in [-0.3, -0.25) is 0 Å². The van der Waals surface area contributed by atoms with Crippen molar-refractivity contribution in [2.45, 2.75) is 78.1 Å². The predicted octanol–water partition coefficient (Wildman–Crippen LogP) is 17.5. The van der Waals surface area contributed by atoms with E-state index in [2.05, 4.69) is 265 Å². The molecule has 67 heavy (non-hydrogen) atoms. The monoisotopic (exact) mass is 868 g/mol. The molecule has 0 saturated carbocycles. The average molecular weight is 869 g/mol. The van der Waals surface area contributed by atoms with Crippen molar-refractivity contribution in [1.29, 1.82) is 0 Å². The minimum atomic E-state index is -0.433. The minimum Gasteiger partial charge on any atom is -0.310 e. The van der Waals surface area contributed by atoms with Gasteiger partial charge in [0.25, 0.3) is 0 Å². The fourth-order valence-corrected chi connectivity index (χ4v) is 11.7. The lowest BCUT2D eigenvalue weighted by molar-refractivity contribution is 0.643. The van der Waals surface area contributed by atoms with Crippen LogP contribution in [0.1, 0.15) is 98.0 Å². The van der Waals surface area contributed by atoms with Gasteiger partial charge < -0.3 is 9.80 Å². The molecule has 0 aliphatic heterocycles. The zero-order valence-corrected chi connectivity index (χ0v) is 40.2. The molecule has 0 bridgehead atoms. The summed E-state index contributed by atoms with van der Waals surface area (Å²) in [7, 11) is 0. The van der Waals surface area contributed by atoms with Crippen LogP contribution in [0.2, 0.25) is 0 Å². The Morgan fingerprint density at radius 2 is 0.851 bits per heavy atom. The first-order valence-corrected chi connectivity index (χ1v) is 24.1. The summed E-state index contributed by atoms with van der Waals surface area (Å²) in [6.45, 7) is 18.6. The van der Waals surface area contributed by atoms with Gasteiger partial charge in [0.1, 0.15) is 0 Å². The van der Waals surface area contributed by atoms with Gasteiger partial charge in [0.2, 0.25) is 0 Å². The van der Waals surface area contributed by atoms with Crippen LogP contribution in [0, 0.1) is 19.8 Å². The van der Waals surface area contributed by atoms with E-state index in [9.17, 15) is 0 Å². The molecule has 0 N–H and O–H groups in total. The van der Waals surface area contributed by atoms with Gasteiger partial charge in [0.05, 0.1) is 0 Å². The lowest BCUT2D eigenvalue weighted by atomic mass is 9.71. The van der Waals surface area contributed by atoms with Crippen molar-refractivity contribution in [3.63, 3.8) is 0 Å². The van der Waals surface area contributed by atoms with Crippen molar-refractivity contribution < 1.29 is 0 Å². The first-order valence-electron chi connectivity index (χ1n) is 24.1. The number of fused-ring (bicyclic) bond motifs is 5. The summed E-state index contributed by atoms with van der Waals surface area (Å²) in [5.41, 5.74) is 23.7. The summed E-state index contributed by atoms with van der Waals surface area (Å²) in [5, 5.41) is 0. The Morgan fingerprint density at radius 1 is 0.433 bits per heavy atom. The molecule has 0 spiro atoms. The summed E-state index contributed by atoms with van der Waals surface area (Å²) in [5.74, 6) is 0.519. The molecule has 2 heteroatoms. The SMILES string of the molecule is Cc1ccc(N(c2ccc(C(C)(c3ccccc3)c3ccc(N(c4ccc(C)cc4)c4ccc5c(c4)C(C)(C)c4ccccc4-5)cc3)cc2)c2ccc3c(c2)C(C)(C)C2=C3C(C)CC=C2)cc1. The maximum Gasteiger partial charge on any atom is 0.0465 e. The summed E-state index contributed by atoms with van der Waals surface area (Å²) in [6, 6.07) is 70.7. The number of anilines is 6. The van der Waals surface area contributed by atoms with Crippen molar-refractivity contribution >= 4 is 39.7 Å². The molecule has 0 fully saturated rings. The van der Waals surface area contributed by atoms with E-state index in [1.54, 1.807) is 0 Å². The van der Waals surface area contributed by atoms with E-state index in [4.69, 9.17) is 0 Å². The van der Waals surface area contributed by atoms with Crippen LogP contribution in [0.4, 0.5) is 34.1 Å². The molecule has 2 atom stereocenters. The molecule has 0 aromatic heterocycles. The number of aryl methyl sites for hydroxylation is 2. The van der Waals surface area contributed by atoms with E-state index in [-0.39, 0.29) is 10.8 Å². The molecule has 0 radical (unpaired) electrons. The van der Waals surface area contributed by atoms with Gasteiger partial charge in [-0.15, -0.1) is 0 Å². The second-order valence-corrected chi connectivity index (χ2v) is 20.5. The molecule has 0 saturated heterocycles. The predicted molar refractivity (Wildman–Crippen MR) is 284 cm³/mol. The third kappa shape index (κ3) is 6.91. The molecule has 8 aromatic rings. The normalized spacial score (nSPS) is 17.0. The number of nitrogens with zero attached hydrogens (tertiary/aromatic N) is 2. The Labute approximate surface area is 398 Å². The van der Waals surface area contributed by atoms with Crippen LogP contribution in [-0.2, 0) is 16.2 Å². The first kappa shape index (κ1) is 42.5. The van der Waals surface area contributed by atoms with Gasteiger partial charge in [-0.05, 0) is 167 Å². The standard InChI is InChI=1S/C65H60N2/c1-43-21-29-49(30-22-43)66(53-37-39-56-55-18-12-13-19-58(55)63(4,5)60(56)41-53)51-33-25-47(26-34-51)65(8,46-16-10-9-11-17-46)48-27-35-52(36-28-48)67(50-31-23-44(2)24-32-50)54-38-40-57-61(42-54)64(6,7)59-20-14-15-45(3)62(57)59/h9-14,16-42,45H,15H2,1-8H3. The number of hydrogen-bond acceptors (Lipinski definition) is 2. The lowest BCUT2D eigenvalue weighted by Crippen LogP contribution is -2.25. The van der Waals surface area contributed by atoms with E-state index in [0.717, 1.165) is 34.9 Å². The van der Waals surface area contributed by atoms with Gasteiger partial charge in [-0.1, -0.05) is 173 Å². The van der Waals surface area contributed by atoms with Crippen LogP contribution in [-0.4, -0.2) is 0 Å². The zero-order chi connectivity index (χ0) is 46.2. The summed E-state index contributed by atoms with van der Waals surface area (Å²) >= 11 is 0. The largest absolute Gasteiger partial charge is 0.310 e. The van der Waals surface area contributed by atoms with E-state index < -0.39 is 5.41 Å². The molecule has 8 aromatic carbocycles. The van der Waals surface area contributed by atoms with E-state index in [1.807, 2.05) is 0 Å². The van der Waals surface area contributed by atoms with Crippen molar-refractivity contribution in [2.24, 2.45) is 5.92 Å². The molecule has 3 aliphatic carbocycles. The highest BCUT2D eigenvalue weighted by atomic mass is 15.1. The lowest BCUT2D eigenvalue weighted by Gasteiger charge is -2.34. The molecule has 2 nitrogen and oxygen atoms in total. The minimum absolute atomic E-state index is 0.0660. The summed E-state index contributed by atoms with van der Waals surface area (Å²) in [6.07, 6.45) is 5.85. The fraction of sp³-hybridized carbons (Fsp3) is 0.200. The van der Waals surface area contributed by atoms with Crippen LogP contribution in [0.25, 0.3) is 16.7 Å². The highest BCUT2D eigenvalue weighted by Crippen LogP contribution is 2.54. The summed E-state index contributed by atoms with van der Waals surface area (Å²) in [4.78, 5) is 4.85. The topological polar surface area (TPSA) is 6.48 Å². The molecular formula is C65H60N2. The Kier molecular flexibility index (Phi) is 10.2. The number of benzene rings is 8. The third-order valence-corrected chi connectivity index (χ3v) is 15.6. The molecule has 0 heterocycles. The Hall–Kier alpha value is -7.16. The number of hydrogen-bond donors (Lipinski definition) is 0. The summed E-state index contributed by atoms with van der Waals surface area (Å²) < 4.78 is 0. The van der Waals surface area contributed by atoms with Crippen molar-refractivity contribution in [2.75, 3.05) is 9.80 Å². The molecule has 330 valence electrons. The van der Waals surface area contributed by atoms with Crippen LogP contribution < -0.4 is 9.80 Å². The Balaban J connectivity index is 0.983. The maximum absolute atomic E-state index is 2.46. The molecule has 11 rings (SSSR count). The zero-order valence-electron chi connectivity index (χ0n) is 40.2. The van der Waals surface area contributed by atoms with E-state index in [0.29, 0.717) is 5.92 Å². The van der Waals surface area contributed by atoms with Gasteiger partial charge in [-0.2, -0.15) is 0 Å². The second kappa shape index (κ2) is 16.0. The van der Waals surface area contributed by atoms with Gasteiger partial charge in [-0.25, -0.2) is 0 Å². The van der Waals surface area contributed by atoms with Gasteiger partial charge in [0, 0.05) is 50.4 Å². The first-order chi connectivity index (χ1) is 32.3. The van der Waals surface area contributed by atoms with Crippen LogP contribution in [0.5, 0.6) is 0 Å². The highest BCUT2D eigenvalue weighted by Gasteiger charge is 2.40. The van der Waals surface area contributed by atoms with E-state index in [1.165, 1.54) is 78.0 Å². The molecular weight excluding hydrogens is 809 g/mol. The molecule has 2 unspecified atom stereocenters. The Bertz CT molecular complexity index is 3220. The second-order valence-electron chi connectivity index (χ2n) is 20.5. The van der Waals surface area contributed by atoms with Crippen LogP contribution in [0.3, 0.4) is 0 Å². The average Bonchev–Trinajstić information content (AvgIpc) is 3.73. The van der Waals surface area contributed by atoms with Crippen LogP contribution >= 0.6 is 0 Å². The van der Waals surface area contributed by atoms with Crippen molar-refractivity contribution in [1.82, 2.24) is 0 Å². The van der Waals surface area contributed by atoms with Crippen molar-refractivity contribution in [3.8, 4) is 11.1 Å². The van der Waals surface area contributed by atoms with Gasteiger partial charge >= 0.3 is 0 Å². The molecule has 0 amide bonds. The smallest absolute Gasteiger partial charge is 0.0465 e. The highest BCUT2D eigenvalue weighted by molar-refractivity contribution is 5.88. The fourth-order valence-electron chi connectivity index (χ4n) is 11.7. The van der Waals surface area contributed by atoms with Crippen molar-refractivity contribution in [3.05, 3.63) is 256 Å². The maximum atomic E-state index is 2.46. The number of allylic oxidation sites excluding steroid dienone is 4. The number of rotatable bonds is 9.